The van der Waals surface area contributed by atoms with Gasteiger partial charge in [0.05, 0.1) is 6.54 Å². The molecule has 0 fully saturated rings. The van der Waals surface area contributed by atoms with Crippen LogP contribution in [0.5, 0.6) is 0 Å². The summed E-state index contributed by atoms with van der Waals surface area (Å²) in [7, 11) is 1.81. The fourth-order valence-corrected chi connectivity index (χ4v) is 1.94. The minimum absolute atomic E-state index is 0.115. The molecule has 2 N–H and O–H groups in total. The smallest absolute Gasteiger partial charge is 0.339 e. The highest BCUT2D eigenvalue weighted by Crippen LogP contribution is 2.14. The third-order valence-corrected chi connectivity index (χ3v) is 3.23. The van der Waals surface area contributed by atoms with Gasteiger partial charge in [-0.25, -0.2) is 4.79 Å². The van der Waals surface area contributed by atoms with Gasteiger partial charge < -0.3 is 19.4 Å². The fraction of sp³-hybridized carbons (Fsp3) is 0.286. The fourth-order valence-electron chi connectivity index (χ4n) is 1.94. The number of nitrogens with one attached hydrogen (secondary N) is 1. The Labute approximate surface area is 116 Å². The molecule has 2 aromatic rings. The number of hydrogen-bond acceptors (Lipinski definition) is 3. The van der Waals surface area contributed by atoms with Crippen molar-refractivity contribution < 1.29 is 19.1 Å². The van der Waals surface area contributed by atoms with E-state index in [0.717, 1.165) is 5.69 Å². The molecule has 0 spiro atoms. The molecule has 0 unspecified atom stereocenters. The molecule has 0 aliphatic carbocycles. The Kier molecular flexibility index (Phi) is 3.65. The summed E-state index contributed by atoms with van der Waals surface area (Å²) in [6, 6.07) is 5.02. The van der Waals surface area contributed by atoms with Crippen LogP contribution in [0.1, 0.15) is 38.1 Å². The van der Waals surface area contributed by atoms with E-state index in [-0.39, 0.29) is 18.0 Å². The van der Waals surface area contributed by atoms with Gasteiger partial charge in [-0.15, -0.1) is 0 Å². The zero-order valence-corrected chi connectivity index (χ0v) is 11.6. The largest absolute Gasteiger partial charge is 0.478 e. The number of furan rings is 1. The molecule has 20 heavy (non-hydrogen) atoms. The van der Waals surface area contributed by atoms with Crippen molar-refractivity contribution in [1.82, 2.24) is 9.88 Å². The van der Waals surface area contributed by atoms with Gasteiger partial charge in [-0.1, -0.05) is 0 Å². The monoisotopic (exact) mass is 276 g/mol. The second-order valence-corrected chi connectivity index (χ2v) is 4.59. The Morgan fingerprint density at radius 3 is 2.55 bits per heavy atom. The lowest BCUT2D eigenvalue weighted by molar-refractivity contribution is 0.0694. The first-order valence-corrected chi connectivity index (χ1v) is 6.13. The van der Waals surface area contributed by atoms with Crippen molar-refractivity contribution in [3.05, 3.63) is 46.7 Å². The van der Waals surface area contributed by atoms with Crippen LogP contribution in [0.15, 0.2) is 22.6 Å². The molecule has 0 aliphatic heterocycles. The lowest BCUT2D eigenvalue weighted by atomic mass is 10.2. The highest BCUT2D eigenvalue weighted by Gasteiger charge is 2.15. The van der Waals surface area contributed by atoms with Crippen LogP contribution in [0.25, 0.3) is 0 Å². The normalized spacial score (nSPS) is 10.6. The first kappa shape index (κ1) is 13.9. The molecule has 0 saturated heterocycles. The SMILES string of the molecule is Cc1oc(CNC(=O)c2ccc(C)n2C)cc1C(=O)O. The van der Waals surface area contributed by atoms with Crippen LogP contribution >= 0.6 is 0 Å². The molecular weight excluding hydrogens is 260 g/mol. The van der Waals surface area contributed by atoms with E-state index < -0.39 is 5.97 Å². The molecule has 0 saturated carbocycles. The van der Waals surface area contributed by atoms with Crippen LogP contribution in [0.4, 0.5) is 0 Å². The third-order valence-electron chi connectivity index (χ3n) is 3.23. The summed E-state index contributed by atoms with van der Waals surface area (Å²) in [4.78, 5) is 22.9. The van der Waals surface area contributed by atoms with Crippen molar-refractivity contribution in [2.45, 2.75) is 20.4 Å². The molecule has 106 valence electrons. The maximum absolute atomic E-state index is 12.0. The summed E-state index contributed by atoms with van der Waals surface area (Å²) in [6.07, 6.45) is 0. The van der Waals surface area contributed by atoms with Crippen LogP contribution in [-0.2, 0) is 13.6 Å². The Hall–Kier alpha value is -2.50. The van der Waals surface area contributed by atoms with Crippen LogP contribution in [0.3, 0.4) is 0 Å². The summed E-state index contributed by atoms with van der Waals surface area (Å²) in [5, 5.41) is 11.6. The number of aryl methyl sites for hydroxylation is 2. The molecule has 0 atom stereocenters. The Morgan fingerprint density at radius 1 is 1.35 bits per heavy atom. The standard InChI is InChI=1S/C14H16N2O4/c1-8-4-5-12(16(8)3)13(17)15-7-10-6-11(14(18)19)9(2)20-10/h4-6H,7H2,1-3H3,(H,15,17)(H,18,19). The second kappa shape index (κ2) is 5.24. The predicted molar refractivity (Wildman–Crippen MR) is 71.7 cm³/mol. The average Bonchev–Trinajstić information content (AvgIpc) is 2.91. The molecule has 0 radical (unpaired) electrons. The van der Waals surface area contributed by atoms with Gasteiger partial charge in [-0.2, -0.15) is 0 Å². The van der Waals surface area contributed by atoms with Gasteiger partial charge in [0.1, 0.15) is 22.8 Å². The van der Waals surface area contributed by atoms with Crippen molar-refractivity contribution in [1.29, 1.82) is 0 Å². The first-order valence-electron chi connectivity index (χ1n) is 6.13. The molecule has 1 amide bonds. The lowest BCUT2D eigenvalue weighted by Gasteiger charge is -2.05. The third kappa shape index (κ3) is 2.59. The van der Waals surface area contributed by atoms with E-state index in [4.69, 9.17) is 9.52 Å². The molecule has 0 aliphatic rings. The number of carboxylic acids is 1. The number of aromatic nitrogens is 1. The number of rotatable bonds is 4. The van der Waals surface area contributed by atoms with Crippen molar-refractivity contribution in [2.24, 2.45) is 7.05 Å². The van der Waals surface area contributed by atoms with E-state index in [0.29, 0.717) is 17.2 Å². The number of carbonyl (C=O) groups is 2. The predicted octanol–water partition coefficient (Wildman–Crippen LogP) is 1.86. The van der Waals surface area contributed by atoms with E-state index in [1.807, 2.05) is 20.0 Å². The maximum atomic E-state index is 12.0. The molecule has 2 aromatic heterocycles. The summed E-state index contributed by atoms with van der Waals surface area (Å²) in [5.41, 5.74) is 1.64. The van der Waals surface area contributed by atoms with Crippen LogP contribution in [0, 0.1) is 13.8 Å². The molecular formula is C14H16N2O4. The minimum atomic E-state index is -1.04. The second-order valence-electron chi connectivity index (χ2n) is 4.59. The number of nitrogens with zero attached hydrogens (tertiary/aromatic N) is 1. The van der Waals surface area contributed by atoms with Crippen molar-refractivity contribution >= 4 is 11.9 Å². The molecule has 6 nitrogen and oxygen atoms in total. The van der Waals surface area contributed by atoms with Gasteiger partial charge in [-0.3, -0.25) is 4.79 Å². The zero-order chi connectivity index (χ0) is 14.9. The highest BCUT2D eigenvalue weighted by molar-refractivity contribution is 5.93. The number of aromatic carboxylic acids is 1. The summed E-state index contributed by atoms with van der Waals surface area (Å²) in [5.74, 6) is -0.524. The van der Waals surface area contributed by atoms with Crippen molar-refractivity contribution in [3.63, 3.8) is 0 Å². The van der Waals surface area contributed by atoms with Crippen LogP contribution in [-0.4, -0.2) is 21.6 Å². The van der Waals surface area contributed by atoms with Crippen LogP contribution < -0.4 is 5.32 Å². The van der Waals surface area contributed by atoms with Crippen molar-refractivity contribution in [3.8, 4) is 0 Å². The van der Waals surface area contributed by atoms with Gasteiger partial charge in [0.15, 0.2) is 0 Å². The van der Waals surface area contributed by atoms with E-state index in [9.17, 15) is 9.59 Å². The van der Waals surface area contributed by atoms with Crippen molar-refractivity contribution in [2.75, 3.05) is 0 Å². The molecule has 6 heteroatoms. The van der Waals surface area contributed by atoms with Gasteiger partial charge in [0.2, 0.25) is 0 Å². The summed E-state index contributed by atoms with van der Waals surface area (Å²) in [6.45, 7) is 3.64. The first-order chi connectivity index (χ1) is 9.40. The van der Waals surface area contributed by atoms with Gasteiger partial charge in [-0.05, 0) is 32.0 Å². The number of amides is 1. The summed E-state index contributed by atoms with van der Waals surface area (Å²) < 4.78 is 7.08. The molecule has 2 heterocycles. The average molecular weight is 276 g/mol. The minimum Gasteiger partial charge on any atom is -0.478 e. The molecule has 2 rings (SSSR count). The van der Waals surface area contributed by atoms with E-state index >= 15 is 0 Å². The summed E-state index contributed by atoms with van der Waals surface area (Å²) >= 11 is 0. The van der Waals surface area contributed by atoms with Gasteiger partial charge >= 0.3 is 5.97 Å². The Morgan fingerprint density at radius 2 is 2.05 bits per heavy atom. The zero-order valence-electron chi connectivity index (χ0n) is 11.6. The molecule has 0 bridgehead atoms. The highest BCUT2D eigenvalue weighted by atomic mass is 16.4. The van der Waals surface area contributed by atoms with Crippen LogP contribution in [0.2, 0.25) is 0 Å². The van der Waals surface area contributed by atoms with Gasteiger partial charge in [0.25, 0.3) is 5.91 Å². The van der Waals surface area contributed by atoms with Gasteiger partial charge in [0, 0.05) is 12.7 Å². The van der Waals surface area contributed by atoms with E-state index in [1.54, 1.807) is 17.6 Å². The number of hydrogen-bond donors (Lipinski definition) is 2. The maximum Gasteiger partial charge on any atom is 0.339 e. The topological polar surface area (TPSA) is 84.5 Å². The number of carboxylic acid groups (broad SMARTS) is 1. The molecule has 0 aromatic carbocycles. The quantitative estimate of drug-likeness (QED) is 0.892. The van der Waals surface area contributed by atoms with E-state index in [1.165, 1.54) is 6.07 Å². The van der Waals surface area contributed by atoms with E-state index in [2.05, 4.69) is 5.32 Å². The Balaban J connectivity index is 2.05. The lowest BCUT2D eigenvalue weighted by Crippen LogP contribution is -2.24. The number of carbonyl (C=O) groups excluding carboxylic acids is 1. The Bertz CT molecular complexity index is 667.